The zero-order chi connectivity index (χ0) is 15.5. The molecule has 0 saturated heterocycles. The second-order valence-electron chi connectivity index (χ2n) is 4.66. The normalized spacial score (nSPS) is 13.8. The van der Waals surface area contributed by atoms with Crippen LogP contribution in [0.5, 0.6) is 11.5 Å². The summed E-state index contributed by atoms with van der Waals surface area (Å²) < 4.78 is 20.2. The highest BCUT2D eigenvalue weighted by molar-refractivity contribution is 7.09. The molecule has 3 rings (SSSR count). The fourth-order valence-electron chi connectivity index (χ4n) is 2.14. The maximum atomic E-state index is 9.38. The van der Waals surface area contributed by atoms with Crippen molar-refractivity contribution in [3.05, 3.63) is 30.3 Å². The van der Waals surface area contributed by atoms with Gasteiger partial charge in [-0.3, -0.25) is 0 Å². The lowest BCUT2D eigenvalue weighted by atomic mass is 9.84. The number of nitrogens with zero attached hydrogens (tertiary/aromatic N) is 2. The Morgan fingerprint density at radius 3 is 2.95 bits per heavy atom. The number of benzene rings is 1. The van der Waals surface area contributed by atoms with Crippen molar-refractivity contribution in [2.45, 2.75) is 13.2 Å². The summed E-state index contributed by atoms with van der Waals surface area (Å²) in [5.41, 5.74) is 1.71. The first-order chi connectivity index (χ1) is 10.7. The highest BCUT2D eigenvalue weighted by Gasteiger charge is 2.26. The summed E-state index contributed by atoms with van der Waals surface area (Å²) in [7, 11) is 0.811. The van der Waals surface area contributed by atoms with E-state index in [0.717, 1.165) is 16.1 Å². The first-order valence-corrected chi connectivity index (χ1v) is 7.66. The van der Waals surface area contributed by atoms with Gasteiger partial charge in [-0.2, -0.15) is 4.37 Å². The molecule has 0 bridgehead atoms. The molecule has 8 heteroatoms. The molecule has 0 atom stereocenters. The van der Waals surface area contributed by atoms with E-state index >= 15 is 0 Å². The molecule has 0 fully saturated rings. The summed E-state index contributed by atoms with van der Waals surface area (Å²) in [6.07, 6.45) is 1.92. The average Bonchev–Trinajstić information content (AvgIpc) is 3.16. The zero-order valence-electron chi connectivity index (χ0n) is 12.3. The molecule has 1 aromatic heterocycles. The smallest absolute Gasteiger partial charge is 0.527 e. The van der Waals surface area contributed by atoms with Crippen molar-refractivity contribution in [2.75, 3.05) is 13.7 Å². The van der Waals surface area contributed by atoms with Gasteiger partial charge in [0.05, 0.1) is 20.0 Å². The predicted octanol–water partition coefficient (Wildman–Crippen LogP) is 2.46. The van der Waals surface area contributed by atoms with Gasteiger partial charge in [0, 0.05) is 17.5 Å². The number of ether oxygens (including phenoxy) is 2. The first-order valence-electron chi connectivity index (χ1n) is 6.89. The van der Waals surface area contributed by atoms with E-state index < -0.39 is 7.12 Å². The Hall–Kier alpha value is -2.06. The summed E-state index contributed by atoms with van der Waals surface area (Å²) in [4.78, 5) is 4.51. The largest absolute Gasteiger partial charge is 0.541 e. The van der Waals surface area contributed by atoms with E-state index in [2.05, 4.69) is 9.36 Å². The SMILES string of the molecule is CCOc1cc(-c2nc(C3=COB(O)C3)ns2)ccc1OC. The molecule has 0 spiro atoms. The van der Waals surface area contributed by atoms with Crippen molar-refractivity contribution in [1.29, 1.82) is 0 Å². The standard InChI is InChI=1S/C14H15BN2O4S/c1-3-20-12-6-9(4-5-11(12)19-2)14-16-13(17-22-14)10-7-15(18)21-8-10/h4-6,8,18H,3,7H2,1-2H3. The van der Waals surface area contributed by atoms with Gasteiger partial charge in [0.2, 0.25) is 0 Å². The van der Waals surface area contributed by atoms with Crippen molar-refractivity contribution in [3.63, 3.8) is 0 Å². The van der Waals surface area contributed by atoms with Gasteiger partial charge in [0.15, 0.2) is 17.3 Å². The minimum atomic E-state index is -0.799. The number of allylic oxidation sites excluding steroid dienone is 1. The van der Waals surface area contributed by atoms with Crippen molar-refractivity contribution >= 4 is 24.2 Å². The Kier molecular flexibility index (Phi) is 4.30. The predicted molar refractivity (Wildman–Crippen MR) is 84.9 cm³/mol. The first kappa shape index (κ1) is 14.9. The minimum absolute atomic E-state index is 0.406. The lowest BCUT2D eigenvalue weighted by Crippen LogP contribution is -2.08. The van der Waals surface area contributed by atoms with Gasteiger partial charge in [-0.05, 0) is 36.7 Å². The molecule has 22 heavy (non-hydrogen) atoms. The lowest BCUT2D eigenvalue weighted by molar-refractivity contribution is 0.311. The van der Waals surface area contributed by atoms with Crippen LogP contribution in [0.4, 0.5) is 0 Å². The molecule has 1 aromatic carbocycles. The molecule has 6 nitrogen and oxygen atoms in total. The van der Waals surface area contributed by atoms with E-state index in [1.807, 2.05) is 25.1 Å². The number of hydrogen-bond acceptors (Lipinski definition) is 7. The van der Waals surface area contributed by atoms with Crippen molar-refractivity contribution < 1.29 is 19.2 Å². The van der Waals surface area contributed by atoms with Gasteiger partial charge < -0.3 is 19.2 Å². The molecule has 2 heterocycles. The van der Waals surface area contributed by atoms with Crippen LogP contribution in [0.15, 0.2) is 24.5 Å². The quantitative estimate of drug-likeness (QED) is 0.854. The van der Waals surface area contributed by atoms with Gasteiger partial charge in [-0.1, -0.05) is 0 Å². The molecular formula is C14H15BN2O4S. The number of hydrogen-bond donors (Lipinski definition) is 1. The van der Waals surface area contributed by atoms with Gasteiger partial charge >= 0.3 is 7.12 Å². The Morgan fingerprint density at radius 2 is 2.27 bits per heavy atom. The second-order valence-corrected chi connectivity index (χ2v) is 5.41. The van der Waals surface area contributed by atoms with Crippen LogP contribution in [0.3, 0.4) is 0 Å². The van der Waals surface area contributed by atoms with Gasteiger partial charge in [0.25, 0.3) is 0 Å². The van der Waals surface area contributed by atoms with Gasteiger partial charge in [0.1, 0.15) is 5.01 Å². The molecule has 0 radical (unpaired) electrons. The third-order valence-corrected chi connectivity index (χ3v) is 3.95. The zero-order valence-corrected chi connectivity index (χ0v) is 13.1. The summed E-state index contributed by atoms with van der Waals surface area (Å²) in [6.45, 7) is 2.48. The molecule has 1 aliphatic rings. The molecule has 0 aliphatic carbocycles. The second kappa shape index (κ2) is 6.37. The van der Waals surface area contributed by atoms with Crippen LogP contribution >= 0.6 is 11.5 Å². The van der Waals surface area contributed by atoms with E-state index in [9.17, 15) is 5.02 Å². The molecule has 114 valence electrons. The molecule has 1 N–H and O–H groups in total. The van der Waals surface area contributed by atoms with Crippen LogP contribution in [-0.2, 0) is 4.65 Å². The van der Waals surface area contributed by atoms with E-state index in [1.165, 1.54) is 17.8 Å². The summed E-state index contributed by atoms with van der Waals surface area (Å²) in [5.74, 6) is 1.95. The number of rotatable bonds is 5. The van der Waals surface area contributed by atoms with Crippen molar-refractivity contribution in [1.82, 2.24) is 9.36 Å². The van der Waals surface area contributed by atoms with E-state index in [0.29, 0.717) is 30.3 Å². The summed E-state index contributed by atoms with van der Waals surface area (Å²) >= 11 is 1.30. The topological polar surface area (TPSA) is 73.7 Å². The Bertz CT molecular complexity index is 704. The Balaban J connectivity index is 1.88. The van der Waals surface area contributed by atoms with Crippen LogP contribution in [0.2, 0.25) is 6.32 Å². The highest BCUT2D eigenvalue weighted by Crippen LogP contribution is 2.34. The van der Waals surface area contributed by atoms with E-state index in [4.69, 9.17) is 14.1 Å². The molecular weight excluding hydrogens is 303 g/mol. The summed E-state index contributed by atoms with van der Waals surface area (Å²) in [6, 6.07) is 5.66. The van der Waals surface area contributed by atoms with Crippen LogP contribution in [0.1, 0.15) is 12.7 Å². The molecule has 0 unspecified atom stereocenters. The molecule has 0 saturated carbocycles. The minimum Gasteiger partial charge on any atom is -0.541 e. The maximum absolute atomic E-state index is 9.38. The highest BCUT2D eigenvalue weighted by atomic mass is 32.1. The van der Waals surface area contributed by atoms with Crippen LogP contribution in [0.25, 0.3) is 16.1 Å². The lowest BCUT2D eigenvalue weighted by Gasteiger charge is -2.09. The van der Waals surface area contributed by atoms with Gasteiger partial charge in [-0.15, -0.1) is 0 Å². The summed E-state index contributed by atoms with van der Waals surface area (Å²) in [5, 5.41) is 10.2. The Morgan fingerprint density at radius 1 is 1.41 bits per heavy atom. The van der Waals surface area contributed by atoms with Crippen LogP contribution in [-0.4, -0.2) is 35.2 Å². The molecule has 2 aromatic rings. The number of aromatic nitrogens is 2. The van der Waals surface area contributed by atoms with Gasteiger partial charge in [-0.25, -0.2) is 4.98 Å². The molecule has 0 amide bonds. The van der Waals surface area contributed by atoms with E-state index in [-0.39, 0.29) is 0 Å². The third-order valence-electron chi connectivity index (χ3n) is 3.19. The monoisotopic (exact) mass is 318 g/mol. The average molecular weight is 318 g/mol. The van der Waals surface area contributed by atoms with Crippen LogP contribution < -0.4 is 9.47 Å². The van der Waals surface area contributed by atoms with Crippen LogP contribution in [0, 0.1) is 0 Å². The number of methoxy groups -OCH3 is 1. The van der Waals surface area contributed by atoms with Crippen molar-refractivity contribution in [2.24, 2.45) is 0 Å². The fraction of sp³-hybridized carbons (Fsp3) is 0.286. The third kappa shape index (κ3) is 2.93. The molecule has 1 aliphatic heterocycles. The van der Waals surface area contributed by atoms with E-state index in [1.54, 1.807) is 7.11 Å². The maximum Gasteiger partial charge on any atom is 0.527 e. The fourth-order valence-corrected chi connectivity index (χ4v) is 2.83. The Labute approximate surface area is 132 Å². The van der Waals surface area contributed by atoms with Crippen molar-refractivity contribution in [3.8, 4) is 22.1 Å².